The van der Waals surface area contributed by atoms with E-state index in [9.17, 15) is 13.0 Å². The van der Waals surface area contributed by atoms with Crippen molar-refractivity contribution in [3.63, 3.8) is 0 Å². The Kier molecular flexibility index (Phi) is 5.29. The molecule has 0 saturated heterocycles. The molecule has 1 aliphatic carbocycles. The molecular formula is C15H18F2N2OS. The SMILES string of the molecule is CCS(=O)C1CCCC(Nc2c(F)cc(C#N)cc2F)C1. The summed E-state index contributed by atoms with van der Waals surface area (Å²) in [7, 11) is -0.878. The predicted octanol–water partition coefficient (Wildman–Crippen LogP) is 3.33. The molecule has 3 atom stereocenters. The third kappa shape index (κ3) is 3.79. The van der Waals surface area contributed by atoms with Gasteiger partial charge in [0.05, 0.1) is 11.6 Å². The predicted molar refractivity (Wildman–Crippen MR) is 79.4 cm³/mol. The first-order chi connectivity index (χ1) is 10.0. The first-order valence-corrected chi connectivity index (χ1v) is 8.46. The number of rotatable bonds is 4. The zero-order valence-electron chi connectivity index (χ0n) is 11.9. The van der Waals surface area contributed by atoms with Crippen LogP contribution >= 0.6 is 0 Å². The number of nitrogens with one attached hydrogen (secondary N) is 1. The zero-order chi connectivity index (χ0) is 15.4. The lowest BCUT2D eigenvalue weighted by Crippen LogP contribution is -2.33. The fraction of sp³-hybridized carbons (Fsp3) is 0.533. The highest BCUT2D eigenvalue weighted by Gasteiger charge is 2.26. The van der Waals surface area contributed by atoms with Crippen LogP contribution in [0.25, 0.3) is 0 Å². The van der Waals surface area contributed by atoms with Crippen LogP contribution in [0.3, 0.4) is 0 Å². The summed E-state index contributed by atoms with van der Waals surface area (Å²) in [4.78, 5) is 0. The van der Waals surface area contributed by atoms with Gasteiger partial charge < -0.3 is 5.32 Å². The molecule has 1 aliphatic rings. The molecule has 3 unspecified atom stereocenters. The number of nitriles is 1. The van der Waals surface area contributed by atoms with E-state index in [2.05, 4.69) is 5.32 Å². The molecule has 0 heterocycles. The fourth-order valence-corrected chi connectivity index (χ4v) is 4.08. The van der Waals surface area contributed by atoms with Crippen LogP contribution in [0.1, 0.15) is 38.2 Å². The van der Waals surface area contributed by atoms with Crippen LogP contribution < -0.4 is 5.32 Å². The molecule has 1 aromatic rings. The molecule has 0 amide bonds. The normalized spacial score (nSPS) is 23.3. The van der Waals surface area contributed by atoms with Crippen LogP contribution in [0, 0.1) is 23.0 Å². The minimum atomic E-state index is -0.878. The highest BCUT2D eigenvalue weighted by molar-refractivity contribution is 7.85. The second-order valence-electron chi connectivity index (χ2n) is 5.23. The molecule has 1 aromatic carbocycles. The first-order valence-electron chi connectivity index (χ1n) is 7.08. The van der Waals surface area contributed by atoms with Crippen molar-refractivity contribution in [2.75, 3.05) is 11.1 Å². The summed E-state index contributed by atoms with van der Waals surface area (Å²) in [5, 5.41) is 11.7. The van der Waals surface area contributed by atoms with Gasteiger partial charge in [-0.05, 0) is 31.4 Å². The van der Waals surface area contributed by atoms with Crippen molar-refractivity contribution in [3.05, 3.63) is 29.3 Å². The minimum Gasteiger partial charge on any atom is -0.378 e. The Labute approximate surface area is 125 Å². The standard InChI is InChI=1S/C15H18F2N2OS/c1-2-21(20)12-5-3-4-11(8-12)19-15-13(16)6-10(9-18)7-14(15)17/h6-7,11-12,19H,2-5,8H2,1H3. The average molecular weight is 312 g/mol. The maximum atomic E-state index is 13.9. The fourth-order valence-electron chi connectivity index (χ4n) is 2.73. The van der Waals surface area contributed by atoms with Gasteiger partial charge in [-0.1, -0.05) is 13.3 Å². The molecule has 0 radical (unpaired) electrons. The first kappa shape index (κ1) is 15.9. The van der Waals surface area contributed by atoms with E-state index in [-0.39, 0.29) is 22.5 Å². The Hall–Kier alpha value is -1.48. The number of anilines is 1. The zero-order valence-corrected chi connectivity index (χ0v) is 12.7. The molecule has 6 heteroatoms. The summed E-state index contributed by atoms with van der Waals surface area (Å²) in [6.07, 6.45) is 3.25. The molecule has 1 fully saturated rings. The van der Waals surface area contributed by atoms with Crippen LogP contribution in [-0.4, -0.2) is 21.3 Å². The lowest BCUT2D eigenvalue weighted by molar-refractivity contribution is 0.460. The molecule has 0 aliphatic heterocycles. The molecule has 1 saturated carbocycles. The van der Waals surface area contributed by atoms with Gasteiger partial charge in [0.1, 0.15) is 5.69 Å². The minimum absolute atomic E-state index is 0.0378. The summed E-state index contributed by atoms with van der Waals surface area (Å²) >= 11 is 0. The maximum absolute atomic E-state index is 13.9. The van der Waals surface area contributed by atoms with E-state index < -0.39 is 22.4 Å². The van der Waals surface area contributed by atoms with E-state index in [1.807, 2.05) is 6.92 Å². The van der Waals surface area contributed by atoms with Crippen molar-refractivity contribution in [1.82, 2.24) is 0 Å². The van der Waals surface area contributed by atoms with E-state index in [0.717, 1.165) is 31.4 Å². The van der Waals surface area contributed by atoms with Gasteiger partial charge in [-0.15, -0.1) is 0 Å². The topological polar surface area (TPSA) is 52.9 Å². The summed E-state index contributed by atoms with van der Waals surface area (Å²) in [6, 6.07) is 3.68. The van der Waals surface area contributed by atoms with Crippen molar-refractivity contribution < 1.29 is 13.0 Å². The van der Waals surface area contributed by atoms with Gasteiger partial charge in [0.25, 0.3) is 0 Å². The smallest absolute Gasteiger partial charge is 0.150 e. The number of nitrogens with zero attached hydrogens (tertiary/aromatic N) is 1. The van der Waals surface area contributed by atoms with Gasteiger partial charge in [-0.3, -0.25) is 4.21 Å². The third-order valence-electron chi connectivity index (χ3n) is 3.80. The Morgan fingerprint density at radius 1 is 1.38 bits per heavy atom. The number of benzene rings is 1. The molecule has 0 bridgehead atoms. The van der Waals surface area contributed by atoms with Gasteiger partial charge in [-0.2, -0.15) is 5.26 Å². The Morgan fingerprint density at radius 2 is 2.05 bits per heavy atom. The lowest BCUT2D eigenvalue weighted by Gasteiger charge is -2.30. The van der Waals surface area contributed by atoms with Crippen molar-refractivity contribution in [3.8, 4) is 6.07 Å². The largest absolute Gasteiger partial charge is 0.378 e. The van der Waals surface area contributed by atoms with Gasteiger partial charge in [0.2, 0.25) is 0 Å². The number of hydrogen-bond acceptors (Lipinski definition) is 3. The molecule has 1 N–H and O–H groups in total. The van der Waals surface area contributed by atoms with Crippen molar-refractivity contribution in [2.24, 2.45) is 0 Å². The van der Waals surface area contributed by atoms with Gasteiger partial charge in [-0.25, -0.2) is 8.78 Å². The van der Waals surface area contributed by atoms with E-state index in [1.54, 1.807) is 6.07 Å². The van der Waals surface area contributed by atoms with E-state index >= 15 is 0 Å². The van der Waals surface area contributed by atoms with Gasteiger partial charge in [0, 0.05) is 27.8 Å². The van der Waals surface area contributed by atoms with E-state index in [1.165, 1.54) is 0 Å². The van der Waals surface area contributed by atoms with Crippen molar-refractivity contribution in [1.29, 1.82) is 5.26 Å². The van der Waals surface area contributed by atoms with Crippen molar-refractivity contribution >= 4 is 16.5 Å². The molecule has 0 aromatic heterocycles. The molecule has 3 nitrogen and oxygen atoms in total. The van der Waals surface area contributed by atoms with Crippen LogP contribution in [0.5, 0.6) is 0 Å². The Bertz CT molecular complexity index is 563. The van der Waals surface area contributed by atoms with Crippen LogP contribution in [0.2, 0.25) is 0 Å². The van der Waals surface area contributed by atoms with Gasteiger partial charge >= 0.3 is 0 Å². The molecule has 2 rings (SSSR count). The lowest BCUT2D eigenvalue weighted by atomic mass is 9.94. The monoisotopic (exact) mass is 312 g/mol. The van der Waals surface area contributed by atoms with E-state index in [0.29, 0.717) is 12.2 Å². The second-order valence-corrected chi connectivity index (χ2v) is 7.23. The van der Waals surface area contributed by atoms with Crippen LogP contribution in [0.4, 0.5) is 14.5 Å². The number of hydrogen-bond donors (Lipinski definition) is 1. The molecular weight excluding hydrogens is 294 g/mol. The maximum Gasteiger partial charge on any atom is 0.150 e. The summed E-state index contributed by atoms with van der Waals surface area (Å²) in [5.41, 5.74) is -0.230. The highest BCUT2D eigenvalue weighted by atomic mass is 32.2. The molecule has 0 spiro atoms. The quantitative estimate of drug-likeness (QED) is 0.928. The van der Waals surface area contributed by atoms with Crippen LogP contribution in [0.15, 0.2) is 12.1 Å². The highest BCUT2D eigenvalue weighted by Crippen LogP contribution is 2.28. The summed E-state index contributed by atoms with van der Waals surface area (Å²) in [5.74, 6) is -0.910. The summed E-state index contributed by atoms with van der Waals surface area (Å²) < 4.78 is 39.6. The van der Waals surface area contributed by atoms with Gasteiger partial charge in [0.15, 0.2) is 11.6 Å². The second kappa shape index (κ2) is 6.99. The summed E-state index contributed by atoms with van der Waals surface area (Å²) in [6.45, 7) is 1.88. The Balaban J connectivity index is 2.11. The average Bonchev–Trinajstić information content (AvgIpc) is 2.50. The third-order valence-corrected chi connectivity index (χ3v) is 5.54. The molecule has 21 heavy (non-hydrogen) atoms. The number of halogens is 2. The Morgan fingerprint density at radius 3 is 2.62 bits per heavy atom. The molecule has 114 valence electrons. The van der Waals surface area contributed by atoms with Crippen LogP contribution in [-0.2, 0) is 10.8 Å². The van der Waals surface area contributed by atoms with Crippen molar-refractivity contribution in [2.45, 2.75) is 43.9 Å². The van der Waals surface area contributed by atoms with E-state index in [4.69, 9.17) is 5.26 Å².